The lowest BCUT2D eigenvalue weighted by atomic mass is 9.98. The Kier molecular flexibility index (Phi) is 6.49. The maximum absolute atomic E-state index is 12.9. The molecule has 2 aliphatic rings. The molecule has 3 heterocycles. The van der Waals surface area contributed by atoms with Crippen molar-refractivity contribution in [2.75, 3.05) is 26.2 Å². The van der Waals surface area contributed by atoms with Crippen LogP contribution < -0.4 is 0 Å². The lowest BCUT2D eigenvalue weighted by Crippen LogP contribution is -2.39. The van der Waals surface area contributed by atoms with E-state index in [1.807, 2.05) is 35.2 Å². The van der Waals surface area contributed by atoms with Crippen LogP contribution in [0.1, 0.15) is 48.6 Å². The maximum atomic E-state index is 12.9. The summed E-state index contributed by atoms with van der Waals surface area (Å²) in [6.07, 6.45) is 4.97. The van der Waals surface area contributed by atoms with Gasteiger partial charge in [-0.15, -0.1) is 11.3 Å². The number of fused-ring (bicyclic) bond motifs is 1. The largest absolute Gasteiger partial charge is 0.342 e. The fraction of sp³-hybridized carbons (Fsp3) is 0.440. The summed E-state index contributed by atoms with van der Waals surface area (Å²) in [7, 11) is -3.39. The highest BCUT2D eigenvalue weighted by molar-refractivity contribution is 7.89. The second kappa shape index (κ2) is 9.52. The van der Waals surface area contributed by atoms with Crippen LogP contribution in [0.5, 0.6) is 0 Å². The number of hydrogen-bond acceptors (Lipinski definition) is 5. The van der Waals surface area contributed by atoms with E-state index < -0.39 is 10.0 Å². The van der Waals surface area contributed by atoms with Gasteiger partial charge in [0.2, 0.25) is 15.9 Å². The second-order valence-corrected chi connectivity index (χ2v) is 12.0. The molecule has 2 saturated heterocycles. The minimum Gasteiger partial charge on any atom is -0.342 e. The van der Waals surface area contributed by atoms with Gasteiger partial charge in [0.15, 0.2) is 0 Å². The van der Waals surface area contributed by atoms with Crippen LogP contribution in [-0.4, -0.2) is 54.7 Å². The number of rotatable bonds is 6. The summed E-state index contributed by atoms with van der Waals surface area (Å²) in [6.45, 7) is 2.73. The van der Waals surface area contributed by atoms with E-state index in [0.717, 1.165) is 54.9 Å². The molecule has 3 aromatic rings. The number of piperidine rings is 1. The van der Waals surface area contributed by atoms with Gasteiger partial charge in [-0.05, 0) is 61.9 Å². The molecule has 33 heavy (non-hydrogen) atoms. The van der Waals surface area contributed by atoms with E-state index in [4.69, 9.17) is 4.98 Å². The molecule has 0 aliphatic carbocycles. The van der Waals surface area contributed by atoms with Gasteiger partial charge < -0.3 is 4.90 Å². The number of likely N-dealkylation sites (tertiary alicyclic amines) is 1. The first kappa shape index (κ1) is 22.5. The molecule has 0 N–H and O–H groups in total. The van der Waals surface area contributed by atoms with Gasteiger partial charge in [0.05, 0.1) is 20.1 Å². The van der Waals surface area contributed by atoms with Gasteiger partial charge in [-0.2, -0.15) is 4.31 Å². The predicted octanol–water partition coefficient (Wildman–Crippen LogP) is 4.42. The van der Waals surface area contributed by atoms with Crippen molar-refractivity contribution in [3.05, 3.63) is 59.1 Å². The third-order valence-electron chi connectivity index (χ3n) is 6.69. The van der Waals surface area contributed by atoms with E-state index in [0.29, 0.717) is 36.7 Å². The molecule has 2 aromatic carbocycles. The lowest BCUT2D eigenvalue weighted by molar-refractivity contribution is -0.132. The van der Waals surface area contributed by atoms with Crippen molar-refractivity contribution in [1.29, 1.82) is 0 Å². The zero-order valence-corrected chi connectivity index (χ0v) is 20.3. The van der Waals surface area contributed by atoms with Gasteiger partial charge in [-0.3, -0.25) is 4.79 Å². The number of sulfonamides is 1. The van der Waals surface area contributed by atoms with Crippen molar-refractivity contribution in [3.8, 4) is 0 Å². The van der Waals surface area contributed by atoms with Crippen LogP contribution >= 0.6 is 11.3 Å². The first-order chi connectivity index (χ1) is 16.0. The number of para-hydroxylation sites is 1. The molecule has 2 fully saturated rings. The predicted molar refractivity (Wildman–Crippen MR) is 131 cm³/mol. The fourth-order valence-corrected chi connectivity index (χ4v) is 7.40. The molecule has 8 heteroatoms. The van der Waals surface area contributed by atoms with Crippen LogP contribution in [0.3, 0.4) is 0 Å². The van der Waals surface area contributed by atoms with Crippen molar-refractivity contribution in [2.45, 2.75) is 49.3 Å². The molecule has 1 atom stereocenters. The Morgan fingerprint density at radius 1 is 1.00 bits per heavy atom. The average Bonchev–Trinajstić information content (AvgIpc) is 3.53. The molecule has 0 spiro atoms. The molecule has 6 nitrogen and oxygen atoms in total. The van der Waals surface area contributed by atoms with Gasteiger partial charge in [-0.1, -0.05) is 24.3 Å². The number of carbonyl (C=O) groups excluding carboxylic acids is 1. The van der Waals surface area contributed by atoms with Crippen LogP contribution in [0.15, 0.2) is 53.4 Å². The quantitative estimate of drug-likeness (QED) is 0.520. The third kappa shape index (κ3) is 4.83. The first-order valence-electron chi connectivity index (χ1n) is 11.7. The standard InChI is InChI=1S/C25H29N3O3S2/c29-24(14-11-19-9-12-21(13-10-19)33(30,31)28-16-3-4-17-28)27-15-5-6-20(18-27)25-26-22-7-1-2-8-23(22)32-25/h1-2,7-10,12-13,20H,3-6,11,14-18H2/t20-/m0/s1. The fourth-order valence-electron chi connectivity index (χ4n) is 4.78. The summed E-state index contributed by atoms with van der Waals surface area (Å²) < 4.78 is 28.1. The molecule has 0 bridgehead atoms. The van der Waals surface area contributed by atoms with Crippen molar-refractivity contribution in [2.24, 2.45) is 0 Å². The Balaban J connectivity index is 1.18. The van der Waals surface area contributed by atoms with E-state index in [2.05, 4.69) is 6.07 Å². The van der Waals surface area contributed by atoms with Gasteiger partial charge in [0.1, 0.15) is 0 Å². The number of thiazole rings is 1. The first-order valence-corrected chi connectivity index (χ1v) is 14.0. The molecule has 0 unspecified atom stereocenters. The van der Waals surface area contributed by atoms with Crippen LogP contribution in [0, 0.1) is 0 Å². The highest BCUT2D eigenvalue weighted by atomic mass is 32.2. The molecule has 174 valence electrons. The van der Waals surface area contributed by atoms with Gasteiger partial charge in [0.25, 0.3) is 0 Å². The lowest BCUT2D eigenvalue weighted by Gasteiger charge is -2.32. The van der Waals surface area contributed by atoms with Crippen molar-refractivity contribution in [1.82, 2.24) is 14.2 Å². The summed E-state index contributed by atoms with van der Waals surface area (Å²) in [4.78, 5) is 20.1. The highest BCUT2D eigenvalue weighted by Crippen LogP contribution is 2.33. The summed E-state index contributed by atoms with van der Waals surface area (Å²) in [5.41, 5.74) is 2.03. The van der Waals surface area contributed by atoms with Crippen LogP contribution in [0.4, 0.5) is 0 Å². The molecular weight excluding hydrogens is 454 g/mol. The van der Waals surface area contributed by atoms with Crippen LogP contribution in [0.25, 0.3) is 10.2 Å². The third-order valence-corrected chi connectivity index (χ3v) is 9.80. The maximum Gasteiger partial charge on any atom is 0.243 e. The van der Waals surface area contributed by atoms with Crippen LogP contribution in [0.2, 0.25) is 0 Å². The van der Waals surface area contributed by atoms with Gasteiger partial charge in [-0.25, -0.2) is 13.4 Å². The Morgan fingerprint density at radius 3 is 2.52 bits per heavy atom. The summed E-state index contributed by atoms with van der Waals surface area (Å²) >= 11 is 1.74. The number of hydrogen-bond donors (Lipinski definition) is 0. The molecule has 1 amide bonds. The van der Waals surface area contributed by atoms with Crippen molar-refractivity contribution in [3.63, 3.8) is 0 Å². The molecular formula is C25H29N3O3S2. The number of aromatic nitrogens is 1. The molecule has 0 saturated carbocycles. The zero-order valence-electron chi connectivity index (χ0n) is 18.7. The smallest absolute Gasteiger partial charge is 0.243 e. The van der Waals surface area contributed by atoms with E-state index in [-0.39, 0.29) is 5.91 Å². The van der Waals surface area contributed by atoms with Gasteiger partial charge in [0, 0.05) is 38.5 Å². The SMILES string of the molecule is O=C(CCc1ccc(S(=O)(=O)N2CCCC2)cc1)N1CCC[C@H](c2nc3ccccc3s2)C1. The second-order valence-electron chi connectivity index (χ2n) is 8.95. The minimum absolute atomic E-state index is 0.162. The zero-order chi connectivity index (χ0) is 22.8. The van der Waals surface area contributed by atoms with Gasteiger partial charge >= 0.3 is 0 Å². The Bertz CT molecular complexity index is 1200. The molecule has 2 aliphatic heterocycles. The average molecular weight is 484 g/mol. The topological polar surface area (TPSA) is 70.6 Å². The van der Waals surface area contributed by atoms with Crippen molar-refractivity contribution < 1.29 is 13.2 Å². The Hall–Kier alpha value is -2.29. The normalized spacial score (nSPS) is 19.9. The van der Waals surface area contributed by atoms with Crippen LogP contribution in [-0.2, 0) is 21.2 Å². The number of amides is 1. The minimum atomic E-state index is -3.39. The van der Waals surface area contributed by atoms with E-state index in [9.17, 15) is 13.2 Å². The Morgan fingerprint density at radius 2 is 1.76 bits per heavy atom. The molecule has 0 radical (unpaired) electrons. The van der Waals surface area contributed by atoms with E-state index >= 15 is 0 Å². The van der Waals surface area contributed by atoms with E-state index in [1.54, 1.807) is 27.8 Å². The summed E-state index contributed by atoms with van der Waals surface area (Å²) in [6, 6.07) is 15.2. The molecule has 1 aromatic heterocycles. The molecule has 5 rings (SSSR count). The summed E-state index contributed by atoms with van der Waals surface area (Å²) in [5.74, 6) is 0.463. The Labute approximate surface area is 199 Å². The number of carbonyl (C=O) groups is 1. The number of benzene rings is 2. The van der Waals surface area contributed by atoms with E-state index in [1.165, 1.54) is 4.70 Å². The number of nitrogens with zero attached hydrogens (tertiary/aromatic N) is 3. The monoisotopic (exact) mass is 483 g/mol. The summed E-state index contributed by atoms with van der Waals surface area (Å²) in [5, 5.41) is 1.13. The van der Waals surface area contributed by atoms with Crippen molar-refractivity contribution >= 4 is 37.5 Å². The highest BCUT2D eigenvalue weighted by Gasteiger charge is 2.28. The number of aryl methyl sites for hydroxylation is 1.